The summed E-state index contributed by atoms with van der Waals surface area (Å²) < 4.78 is 13.8. The maximum atomic E-state index is 12.9. The van der Waals surface area contributed by atoms with Crippen LogP contribution in [0.25, 0.3) is 0 Å². The molecule has 1 atom stereocenters. The van der Waals surface area contributed by atoms with Gasteiger partial charge in [-0.25, -0.2) is 4.39 Å². The van der Waals surface area contributed by atoms with Crippen molar-refractivity contribution in [1.82, 2.24) is 5.32 Å². The summed E-state index contributed by atoms with van der Waals surface area (Å²) in [7, 11) is 0. The van der Waals surface area contributed by atoms with Crippen LogP contribution in [0.4, 0.5) is 10.1 Å². The van der Waals surface area contributed by atoms with Crippen LogP contribution < -0.4 is 10.2 Å². The zero-order chi connectivity index (χ0) is 17.1. The SMILES string of the molecule is O=C(NCc1ccc(F)cc1)C1CC(=O)N(c2ccc(Br)cc2)C1. The summed E-state index contributed by atoms with van der Waals surface area (Å²) in [4.78, 5) is 26.1. The lowest BCUT2D eigenvalue weighted by Gasteiger charge is -2.16. The number of halogens is 2. The van der Waals surface area contributed by atoms with Gasteiger partial charge in [-0.2, -0.15) is 0 Å². The zero-order valence-electron chi connectivity index (χ0n) is 12.8. The van der Waals surface area contributed by atoms with Crippen molar-refractivity contribution in [3.8, 4) is 0 Å². The molecule has 0 aliphatic carbocycles. The Labute approximate surface area is 147 Å². The minimum absolute atomic E-state index is 0.0562. The Bertz CT molecular complexity index is 747. The maximum absolute atomic E-state index is 12.9. The van der Waals surface area contributed by atoms with E-state index in [1.54, 1.807) is 17.0 Å². The number of rotatable bonds is 4. The van der Waals surface area contributed by atoms with Gasteiger partial charge in [-0.1, -0.05) is 28.1 Å². The van der Waals surface area contributed by atoms with Crippen LogP contribution in [-0.2, 0) is 16.1 Å². The van der Waals surface area contributed by atoms with E-state index in [0.717, 1.165) is 15.7 Å². The fourth-order valence-corrected chi connectivity index (χ4v) is 2.95. The van der Waals surface area contributed by atoms with Crippen LogP contribution in [-0.4, -0.2) is 18.4 Å². The summed E-state index contributed by atoms with van der Waals surface area (Å²) in [6.45, 7) is 0.692. The molecular weight excluding hydrogens is 375 g/mol. The second-order valence-electron chi connectivity index (χ2n) is 5.73. The molecule has 0 bridgehead atoms. The molecule has 124 valence electrons. The monoisotopic (exact) mass is 390 g/mol. The molecule has 24 heavy (non-hydrogen) atoms. The van der Waals surface area contributed by atoms with E-state index >= 15 is 0 Å². The number of carbonyl (C=O) groups is 2. The average molecular weight is 391 g/mol. The first-order valence-corrected chi connectivity index (χ1v) is 8.40. The number of amides is 2. The molecule has 0 saturated carbocycles. The average Bonchev–Trinajstić information content (AvgIpc) is 2.97. The van der Waals surface area contributed by atoms with Crippen LogP contribution in [0.15, 0.2) is 53.0 Å². The van der Waals surface area contributed by atoms with Crippen LogP contribution in [0.2, 0.25) is 0 Å². The van der Waals surface area contributed by atoms with Crippen molar-refractivity contribution in [3.05, 3.63) is 64.4 Å². The van der Waals surface area contributed by atoms with Crippen molar-refractivity contribution in [1.29, 1.82) is 0 Å². The Morgan fingerprint density at radius 1 is 1.17 bits per heavy atom. The lowest BCUT2D eigenvalue weighted by molar-refractivity contribution is -0.126. The number of nitrogens with zero attached hydrogens (tertiary/aromatic N) is 1. The van der Waals surface area contributed by atoms with Gasteiger partial charge in [-0.15, -0.1) is 0 Å². The van der Waals surface area contributed by atoms with Gasteiger partial charge in [0.25, 0.3) is 0 Å². The highest BCUT2D eigenvalue weighted by Gasteiger charge is 2.34. The molecule has 1 heterocycles. The fourth-order valence-electron chi connectivity index (χ4n) is 2.69. The highest BCUT2D eigenvalue weighted by atomic mass is 79.9. The molecule has 1 aliphatic rings. The van der Waals surface area contributed by atoms with Crippen molar-refractivity contribution in [3.63, 3.8) is 0 Å². The Balaban J connectivity index is 1.59. The molecule has 2 amide bonds. The van der Waals surface area contributed by atoms with Gasteiger partial charge >= 0.3 is 0 Å². The third-order valence-electron chi connectivity index (χ3n) is 4.01. The largest absolute Gasteiger partial charge is 0.352 e. The van der Waals surface area contributed by atoms with Crippen molar-refractivity contribution >= 4 is 33.4 Å². The molecule has 2 aromatic carbocycles. The molecule has 0 radical (unpaired) electrons. The maximum Gasteiger partial charge on any atom is 0.227 e. The highest BCUT2D eigenvalue weighted by Crippen LogP contribution is 2.26. The quantitative estimate of drug-likeness (QED) is 0.870. The van der Waals surface area contributed by atoms with Crippen molar-refractivity contribution in [2.75, 3.05) is 11.4 Å². The molecule has 0 aromatic heterocycles. The van der Waals surface area contributed by atoms with Crippen LogP contribution in [0.1, 0.15) is 12.0 Å². The summed E-state index contributed by atoms with van der Waals surface area (Å²) >= 11 is 3.36. The van der Waals surface area contributed by atoms with E-state index < -0.39 is 0 Å². The van der Waals surface area contributed by atoms with E-state index in [9.17, 15) is 14.0 Å². The van der Waals surface area contributed by atoms with Gasteiger partial charge in [-0.3, -0.25) is 9.59 Å². The van der Waals surface area contributed by atoms with Crippen molar-refractivity contribution in [2.45, 2.75) is 13.0 Å². The third kappa shape index (κ3) is 3.82. The Hall–Kier alpha value is -2.21. The molecule has 3 rings (SSSR count). The molecule has 4 nitrogen and oxygen atoms in total. The van der Waals surface area contributed by atoms with E-state index in [4.69, 9.17) is 0 Å². The summed E-state index contributed by atoms with van der Waals surface area (Å²) in [6, 6.07) is 13.4. The predicted octanol–water partition coefficient (Wildman–Crippen LogP) is 3.26. The fraction of sp³-hybridized carbons (Fsp3) is 0.222. The van der Waals surface area contributed by atoms with E-state index in [1.807, 2.05) is 24.3 Å². The van der Waals surface area contributed by atoms with Gasteiger partial charge in [0.15, 0.2) is 0 Å². The molecule has 6 heteroatoms. The van der Waals surface area contributed by atoms with E-state index in [0.29, 0.717) is 13.1 Å². The number of hydrogen-bond donors (Lipinski definition) is 1. The summed E-state index contributed by atoms with van der Waals surface area (Å²) in [5.74, 6) is -0.898. The standard InChI is InChI=1S/C18H16BrFN2O2/c19-14-3-7-16(8-4-14)22-11-13(9-17(22)23)18(24)21-10-12-1-5-15(20)6-2-12/h1-8,13H,9-11H2,(H,21,24). The third-order valence-corrected chi connectivity index (χ3v) is 4.54. The Morgan fingerprint density at radius 3 is 2.50 bits per heavy atom. The van der Waals surface area contributed by atoms with Gasteiger partial charge in [0.2, 0.25) is 11.8 Å². The van der Waals surface area contributed by atoms with E-state index in [2.05, 4.69) is 21.2 Å². The first-order chi connectivity index (χ1) is 11.5. The van der Waals surface area contributed by atoms with Crippen LogP contribution >= 0.6 is 15.9 Å². The van der Waals surface area contributed by atoms with Crippen LogP contribution in [0, 0.1) is 11.7 Å². The number of carbonyl (C=O) groups excluding carboxylic acids is 2. The van der Waals surface area contributed by atoms with E-state index in [1.165, 1.54) is 12.1 Å². The summed E-state index contributed by atoms with van der Waals surface area (Å²) in [5.41, 5.74) is 1.61. The number of benzene rings is 2. The highest BCUT2D eigenvalue weighted by molar-refractivity contribution is 9.10. The Kier molecular flexibility index (Phi) is 4.94. The smallest absolute Gasteiger partial charge is 0.227 e. The predicted molar refractivity (Wildman–Crippen MR) is 92.8 cm³/mol. The van der Waals surface area contributed by atoms with Gasteiger partial charge in [0, 0.05) is 29.7 Å². The normalized spacial score (nSPS) is 17.2. The van der Waals surface area contributed by atoms with Gasteiger partial charge in [0.1, 0.15) is 5.82 Å². The molecule has 1 unspecified atom stereocenters. The van der Waals surface area contributed by atoms with E-state index in [-0.39, 0.29) is 30.0 Å². The van der Waals surface area contributed by atoms with Crippen LogP contribution in [0.3, 0.4) is 0 Å². The molecular formula is C18H16BrFN2O2. The number of nitrogens with one attached hydrogen (secondary N) is 1. The number of anilines is 1. The van der Waals surface area contributed by atoms with Gasteiger partial charge < -0.3 is 10.2 Å². The minimum Gasteiger partial charge on any atom is -0.352 e. The van der Waals surface area contributed by atoms with Crippen LogP contribution in [0.5, 0.6) is 0 Å². The van der Waals surface area contributed by atoms with Crippen molar-refractivity contribution in [2.24, 2.45) is 5.92 Å². The first-order valence-electron chi connectivity index (χ1n) is 7.61. The zero-order valence-corrected chi connectivity index (χ0v) is 14.4. The topological polar surface area (TPSA) is 49.4 Å². The molecule has 2 aromatic rings. The molecule has 0 spiro atoms. The minimum atomic E-state index is -0.374. The lowest BCUT2D eigenvalue weighted by Crippen LogP contribution is -2.32. The first kappa shape index (κ1) is 16.6. The Morgan fingerprint density at radius 2 is 1.83 bits per heavy atom. The molecule has 1 fully saturated rings. The second kappa shape index (κ2) is 7.13. The molecule has 1 aliphatic heterocycles. The second-order valence-corrected chi connectivity index (χ2v) is 6.64. The molecule has 1 saturated heterocycles. The number of hydrogen-bond acceptors (Lipinski definition) is 2. The molecule has 1 N–H and O–H groups in total. The lowest BCUT2D eigenvalue weighted by atomic mass is 10.1. The summed E-state index contributed by atoms with van der Waals surface area (Å²) in [5, 5.41) is 2.81. The van der Waals surface area contributed by atoms with Crippen molar-refractivity contribution < 1.29 is 14.0 Å². The summed E-state index contributed by atoms with van der Waals surface area (Å²) in [6.07, 6.45) is 0.200. The van der Waals surface area contributed by atoms with Gasteiger partial charge in [-0.05, 0) is 42.0 Å². The van der Waals surface area contributed by atoms with Gasteiger partial charge in [0.05, 0.1) is 5.92 Å².